The third-order valence-corrected chi connectivity index (χ3v) is 6.42. The van der Waals surface area contributed by atoms with Crippen LogP contribution in [0, 0.1) is 11.7 Å². The van der Waals surface area contributed by atoms with Gasteiger partial charge in [0.1, 0.15) is 11.9 Å². The molecule has 4 nitrogen and oxygen atoms in total. The number of rotatable bonds is 5. The second-order valence-corrected chi connectivity index (χ2v) is 8.53. The molecule has 0 aliphatic carbocycles. The zero-order valence-electron chi connectivity index (χ0n) is 14.0. The van der Waals surface area contributed by atoms with Crippen LogP contribution in [-0.2, 0) is 4.79 Å². The Morgan fingerprint density at radius 1 is 1.24 bits per heavy atom. The van der Waals surface area contributed by atoms with E-state index in [9.17, 15) is 9.18 Å². The highest BCUT2D eigenvalue weighted by Crippen LogP contribution is 2.28. The van der Waals surface area contributed by atoms with Crippen LogP contribution in [0.5, 0.6) is 0 Å². The first-order valence-corrected chi connectivity index (χ1v) is 10.0. The Labute approximate surface area is 159 Å². The zero-order valence-corrected chi connectivity index (χ0v) is 16.4. The van der Waals surface area contributed by atoms with Gasteiger partial charge in [-0.1, -0.05) is 48.0 Å². The number of hydrazine groups is 1. The highest BCUT2D eigenvalue weighted by Gasteiger charge is 2.40. The molecule has 2 heterocycles. The third kappa shape index (κ3) is 4.11. The minimum atomic E-state index is -0.379. The summed E-state index contributed by atoms with van der Waals surface area (Å²) in [5, 5.41) is 5.07. The molecule has 1 aromatic heterocycles. The summed E-state index contributed by atoms with van der Waals surface area (Å²) < 4.78 is 13.3. The summed E-state index contributed by atoms with van der Waals surface area (Å²) in [7, 11) is 0. The van der Waals surface area contributed by atoms with Crippen molar-refractivity contribution in [1.82, 2.24) is 16.2 Å². The van der Waals surface area contributed by atoms with E-state index in [1.165, 1.54) is 12.1 Å². The number of alkyl halides is 1. The van der Waals surface area contributed by atoms with Crippen molar-refractivity contribution in [2.45, 2.75) is 36.8 Å². The lowest BCUT2D eigenvalue weighted by Gasteiger charge is -2.23. The molecule has 25 heavy (non-hydrogen) atoms. The van der Waals surface area contributed by atoms with Gasteiger partial charge in [-0.3, -0.25) is 10.2 Å². The average molecular weight is 426 g/mol. The number of hydrogen-bond donors (Lipinski definition) is 3. The molecule has 1 aromatic carbocycles. The summed E-state index contributed by atoms with van der Waals surface area (Å²) in [6, 6.07) is 9.66. The van der Waals surface area contributed by atoms with E-state index in [0.29, 0.717) is 5.92 Å². The van der Waals surface area contributed by atoms with Crippen LogP contribution in [0.3, 0.4) is 0 Å². The Bertz CT molecular complexity index is 708. The molecule has 1 aliphatic rings. The van der Waals surface area contributed by atoms with Crippen molar-refractivity contribution < 1.29 is 9.18 Å². The summed E-state index contributed by atoms with van der Waals surface area (Å²) in [5.74, 6) is 0.00193. The maximum absolute atomic E-state index is 13.3. The predicted octanol–water partition coefficient (Wildman–Crippen LogP) is 3.36. The molecule has 1 fully saturated rings. The number of thiophene rings is 1. The smallest absolute Gasteiger partial charge is 0.240 e. The third-order valence-electron chi connectivity index (χ3n) is 4.39. The predicted molar refractivity (Wildman–Crippen MR) is 102 cm³/mol. The maximum Gasteiger partial charge on any atom is 0.240 e. The fraction of sp³-hybridized carbons (Fsp3) is 0.389. The van der Waals surface area contributed by atoms with Crippen LogP contribution < -0.4 is 16.2 Å². The van der Waals surface area contributed by atoms with Gasteiger partial charge in [0.2, 0.25) is 5.91 Å². The molecule has 0 radical (unpaired) electrons. The van der Waals surface area contributed by atoms with E-state index in [-0.39, 0.29) is 34.7 Å². The summed E-state index contributed by atoms with van der Waals surface area (Å²) in [6.45, 7) is 4.22. The molecule has 3 N–H and O–H groups in total. The van der Waals surface area contributed by atoms with Crippen molar-refractivity contribution >= 4 is 33.2 Å². The molecule has 0 spiro atoms. The van der Waals surface area contributed by atoms with Crippen LogP contribution in [0.15, 0.2) is 41.8 Å². The van der Waals surface area contributed by atoms with Crippen LogP contribution in [0.4, 0.5) is 4.39 Å². The Balaban J connectivity index is 1.79. The molecular weight excluding hydrogens is 405 g/mol. The van der Waals surface area contributed by atoms with Gasteiger partial charge < -0.3 is 5.32 Å². The average Bonchev–Trinajstić information content (AvgIpc) is 3.23. The van der Waals surface area contributed by atoms with Crippen LogP contribution in [0.1, 0.15) is 30.3 Å². The van der Waals surface area contributed by atoms with Gasteiger partial charge in [-0.05, 0) is 35.1 Å². The van der Waals surface area contributed by atoms with Crippen molar-refractivity contribution in [3.8, 4) is 0 Å². The van der Waals surface area contributed by atoms with Crippen molar-refractivity contribution in [2.24, 2.45) is 5.92 Å². The topological polar surface area (TPSA) is 53.2 Å². The first-order chi connectivity index (χ1) is 12.0. The van der Waals surface area contributed by atoms with E-state index in [2.05, 4.69) is 45.9 Å². The van der Waals surface area contributed by atoms with E-state index < -0.39 is 0 Å². The van der Waals surface area contributed by atoms with Crippen LogP contribution in [0.25, 0.3) is 0 Å². The molecule has 4 atom stereocenters. The molecule has 1 saturated heterocycles. The summed E-state index contributed by atoms with van der Waals surface area (Å²) in [6.07, 6.45) is 0. The normalized spacial score (nSPS) is 24.4. The van der Waals surface area contributed by atoms with Crippen molar-refractivity contribution in [3.05, 3.63) is 58.0 Å². The standard InChI is InChI=1S/C18H21BrFN3OS/c1-10(2)15-14(19)17(23-22-15)18(24)21-16(13-4-3-9-25-13)11-5-7-12(20)8-6-11/h3-10,14-17,22-23H,1-2H3,(H,21,24). The van der Waals surface area contributed by atoms with E-state index >= 15 is 0 Å². The van der Waals surface area contributed by atoms with E-state index in [0.717, 1.165) is 10.4 Å². The summed E-state index contributed by atoms with van der Waals surface area (Å²) in [5.41, 5.74) is 7.13. The van der Waals surface area contributed by atoms with Gasteiger partial charge in [-0.2, -0.15) is 0 Å². The zero-order chi connectivity index (χ0) is 18.0. The highest BCUT2D eigenvalue weighted by atomic mass is 79.9. The van der Waals surface area contributed by atoms with Crippen molar-refractivity contribution in [1.29, 1.82) is 0 Å². The molecule has 7 heteroatoms. The molecule has 134 valence electrons. The molecule has 3 rings (SSSR count). The number of amides is 1. The van der Waals surface area contributed by atoms with Gasteiger partial charge in [0.05, 0.1) is 10.9 Å². The lowest BCUT2D eigenvalue weighted by molar-refractivity contribution is -0.123. The number of benzene rings is 1. The Morgan fingerprint density at radius 2 is 1.96 bits per heavy atom. The van der Waals surface area contributed by atoms with Crippen molar-refractivity contribution in [3.63, 3.8) is 0 Å². The van der Waals surface area contributed by atoms with Gasteiger partial charge in [0.25, 0.3) is 0 Å². The van der Waals surface area contributed by atoms with Gasteiger partial charge in [0.15, 0.2) is 0 Å². The van der Waals surface area contributed by atoms with Gasteiger partial charge in [-0.15, -0.1) is 11.3 Å². The fourth-order valence-corrected chi connectivity index (χ4v) is 4.88. The molecule has 0 saturated carbocycles. The lowest BCUT2D eigenvalue weighted by atomic mass is 9.98. The SMILES string of the molecule is CC(C)C1NNC(C(=O)NC(c2ccc(F)cc2)c2cccs2)C1Br. The maximum atomic E-state index is 13.3. The minimum absolute atomic E-state index is 0.00953. The molecule has 2 aromatic rings. The fourth-order valence-electron chi connectivity index (χ4n) is 2.96. The number of nitrogens with one attached hydrogen (secondary N) is 3. The first-order valence-electron chi connectivity index (χ1n) is 8.21. The van der Waals surface area contributed by atoms with Crippen LogP contribution in [0.2, 0.25) is 0 Å². The molecule has 0 bridgehead atoms. The van der Waals surface area contributed by atoms with E-state index in [4.69, 9.17) is 0 Å². The quantitative estimate of drug-likeness (QED) is 0.643. The molecular formula is C18H21BrFN3OS. The summed E-state index contributed by atoms with van der Waals surface area (Å²) in [4.78, 5) is 13.9. The van der Waals surface area contributed by atoms with Gasteiger partial charge >= 0.3 is 0 Å². The van der Waals surface area contributed by atoms with Crippen molar-refractivity contribution in [2.75, 3.05) is 0 Å². The van der Waals surface area contributed by atoms with Crippen LogP contribution >= 0.6 is 27.3 Å². The minimum Gasteiger partial charge on any atom is -0.343 e. The monoisotopic (exact) mass is 425 g/mol. The number of carbonyl (C=O) groups is 1. The Morgan fingerprint density at radius 3 is 2.52 bits per heavy atom. The molecule has 1 amide bonds. The Hall–Kier alpha value is -1.28. The largest absolute Gasteiger partial charge is 0.343 e. The Kier molecular flexibility index (Phi) is 5.89. The van der Waals surface area contributed by atoms with Gasteiger partial charge in [0, 0.05) is 10.9 Å². The van der Waals surface area contributed by atoms with Gasteiger partial charge in [-0.25, -0.2) is 9.82 Å². The number of hydrogen-bond acceptors (Lipinski definition) is 4. The highest BCUT2D eigenvalue weighted by molar-refractivity contribution is 9.09. The lowest BCUT2D eigenvalue weighted by Crippen LogP contribution is -2.47. The molecule has 4 unspecified atom stereocenters. The van der Waals surface area contributed by atoms with E-state index in [1.807, 2.05) is 17.5 Å². The summed E-state index contributed by atoms with van der Waals surface area (Å²) >= 11 is 5.21. The van der Waals surface area contributed by atoms with E-state index in [1.54, 1.807) is 23.5 Å². The second kappa shape index (κ2) is 7.95. The molecule has 1 aliphatic heterocycles. The number of halogens is 2. The van der Waals surface area contributed by atoms with Crippen LogP contribution in [-0.4, -0.2) is 22.8 Å². The number of carbonyl (C=O) groups excluding carboxylic acids is 1. The first kappa shape index (κ1) is 18.5. The second-order valence-electron chi connectivity index (χ2n) is 6.49.